The molecule has 0 bridgehead atoms. The van der Waals surface area contributed by atoms with Gasteiger partial charge in [-0.05, 0) is 37.5 Å². The van der Waals surface area contributed by atoms with Crippen LogP contribution in [0, 0.1) is 17.8 Å². The largest absolute Gasteiger partial charge is 0.385 e. The first-order chi connectivity index (χ1) is 7.54. The van der Waals surface area contributed by atoms with E-state index in [0.717, 1.165) is 12.8 Å². The highest BCUT2D eigenvalue weighted by Gasteiger charge is 2.31. The van der Waals surface area contributed by atoms with E-state index in [1.54, 1.807) is 7.11 Å². The molecule has 1 rings (SSSR count). The summed E-state index contributed by atoms with van der Waals surface area (Å²) in [7, 11) is 1.64. The zero-order chi connectivity index (χ0) is 12.1. The molecule has 16 heavy (non-hydrogen) atoms. The predicted molar refractivity (Wildman–Crippen MR) is 65.1 cm³/mol. The maximum atomic E-state index is 12.1. The van der Waals surface area contributed by atoms with Gasteiger partial charge in [-0.25, -0.2) is 0 Å². The van der Waals surface area contributed by atoms with E-state index in [1.807, 2.05) is 0 Å². The second-order valence-electron chi connectivity index (χ2n) is 5.40. The van der Waals surface area contributed by atoms with Crippen molar-refractivity contribution in [2.45, 2.75) is 45.6 Å². The summed E-state index contributed by atoms with van der Waals surface area (Å²) in [6, 6.07) is -0.331. The van der Waals surface area contributed by atoms with Gasteiger partial charge in [0.1, 0.15) is 0 Å². The van der Waals surface area contributed by atoms with Crippen molar-refractivity contribution in [1.29, 1.82) is 0 Å². The Morgan fingerprint density at radius 1 is 1.31 bits per heavy atom. The van der Waals surface area contributed by atoms with Crippen LogP contribution >= 0.6 is 0 Å². The molecular formula is C13H25NO2. The average molecular weight is 227 g/mol. The van der Waals surface area contributed by atoms with Gasteiger partial charge in [0.2, 0.25) is 0 Å². The first kappa shape index (κ1) is 13.7. The topological polar surface area (TPSA) is 52.3 Å². The molecule has 0 aliphatic heterocycles. The van der Waals surface area contributed by atoms with Gasteiger partial charge in [-0.2, -0.15) is 0 Å². The van der Waals surface area contributed by atoms with Crippen molar-refractivity contribution >= 4 is 5.78 Å². The van der Waals surface area contributed by atoms with Gasteiger partial charge in [0.05, 0.1) is 6.04 Å². The predicted octanol–water partition coefficient (Wildman–Crippen LogP) is 1.99. The molecule has 3 unspecified atom stereocenters. The van der Waals surface area contributed by atoms with E-state index in [-0.39, 0.29) is 17.7 Å². The fourth-order valence-corrected chi connectivity index (χ4v) is 2.87. The Morgan fingerprint density at radius 2 is 1.88 bits per heavy atom. The highest BCUT2D eigenvalue weighted by molar-refractivity contribution is 5.86. The summed E-state index contributed by atoms with van der Waals surface area (Å²) in [6.45, 7) is 5.04. The Balaban J connectivity index is 2.45. The number of ketones is 1. The van der Waals surface area contributed by atoms with Gasteiger partial charge in [0.15, 0.2) is 5.78 Å². The fourth-order valence-electron chi connectivity index (χ4n) is 2.87. The highest BCUT2D eigenvalue weighted by Crippen LogP contribution is 2.33. The molecule has 2 N–H and O–H groups in total. The molecule has 1 aliphatic rings. The van der Waals surface area contributed by atoms with Crippen LogP contribution in [0.25, 0.3) is 0 Å². The molecule has 0 radical (unpaired) electrons. The van der Waals surface area contributed by atoms with E-state index in [4.69, 9.17) is 10.5 Å². The third-order valence-electron chi connectivity index (χ3n) is 3.58. The zero-order valence-corrected chi connectivity index (χ0v) is 10.7. The number of ether oxygens (including phenoxy) is 1. The average Bonchev–Trinajstić information content (AvgIpc) is 2.23. The van der Waals surface area contributed by atoms with E-state index >= 15 is 0 Å². The summed E-state index contributed by atoms with van der Waals surface area (Å²) in [5, 5.41) is 0. The molecule has 0 heterocycles. The highest BCUT2D eigenvalue weighted by atomic mass is 16.5. The molecule has 1 aliphatic carbocycles. The van der Waals surface area contributed by atoms with Crippen molar-refractivity contribution in [3.8, 4) is 0 Å². The summed E-state index contributed by atoms with van der Waals surface area (Å²) < 4.78 is 4.96. The summed E-state index contributed by atoms with van der Waals surface area (Å²) >= 11 is 0. The number of hydrogen-bond donors (Lipinski definition) is 1. The van der Waals surface area contributed by atoms with Crippen LogP contribution in [0.3, 0.4) is 0 Å². The smallest absolute Gasteiger partial charge is 0.152 e. The molecule has 3 heteroatoms. The Kier molecular flexibility index (Phi) is 5.42. The maximum Gasteiger partial charge on any atom is 0.152 e. The summed E-state index contributed by atoms with van der Waals surface area (Å²) in [4.78, 5) is 12.1. The van der Waals surface area contributed by atoms with E-state index < -0.39 is 0 Å². The number of nitrogens with two attached hydrogens (primary N) is 1. The fraction of sp³-hybridized carbons (Fsp3) is 0.923. The van der Waals surface area contributed by atoms with Crippen LogP contribution in [0.4, 0.5) is 0 Å². The minimum absolute atomic E-state index is 0.186. The number of rotatable bonds is 5. The Morgan fingerprint density at radius 3 is 2.38 bits per heavy atom. The quantitative estimate of drug-likeness (QED) is 0.781. The molecule has 3 nitrogen and oxygen atoms in total. The molecular weight excluding hydrogens is 202 g/mol. The van der Waals surface area contributed by atoms with Gasteiger partial charge in [-0.15, -0.1) is 0 Å². The molecule has 94 valence electrons. The van der Waals surface area contributed by atoms with E-state index in [0.29, 0.717) is 24.9 Å². The van der Waals surface area contributed by atoms with Crippen LogP contribution in [0.5, 0.6) is 0 Å². The molecule has 0 aromatic rings. The molecule has 0 saturated heterocycles. The van der Waals surface area contributed by atoms with Crippen molar-refractivity contribution in [3.63, 3.8) is 0 Å². The van der Waals surface area contributed by atoms with E-state index in [1.165, 1.54) is 6.42 Å². The second kappa shape index (κ2) is 6.36. The standard InChI is InChI=1S/C13H25NO2/c1-9-6-10(2)8-11(7-9)13(15)12(14)4-5-16-3/h9-12H,4-8,14H2,1-3H3. The second-order valence-corrected chi connectivity index (χ2v) is 5.40. The molecule has 0 aromatic heterocycles. The Bertz CT molecular complexity index is 220. The Hall–Kier alpha value is -0.410. The van der Waals surface area contributed by atoms with Crippen molar-refractivity contribution < 1.29 is 9.53 Å². The number of Topliss-reactive ketones (excluding diaryl/α,β-unsaturated/α-hetero) is 1. The van der Waals surface area contributed by atoms with Crippen molar-refractivity contribution in [2.75, 3.05) is 13.7 Å². The van der Waals surface area contributed by atoms with E-state index in [2.05, 4.69) is 13.8 Å². The lowest BCUT2D eigenvalue weighted by Gasteiger charge is -2.31. The molecule has 0 aromatic carbocycles. The first-order valence-corrected chi connectivity index (χ1v) is 6.32. The molecule has 3 atom stereocenters. The first-order valence-electron chi connectivity index (χ1n) is 6.32. The molecule has 1 fully saturated rings. The lowest BCUT2D eigenvalue weighted by atomic mass is 9.74. The van der Waals surface area contributed by atoms with Gasteiger partial charge in [0, 0.05) is 19.6 Å². The van der Waals surface area contributed by atoms with Crippen molar-refractivity contribution in [3.05, 3.63) is 0 Å². The van der Waals surface area contributed by atoms with Crippen LogP contribution < -0.4 is 5.73 Å². The van der Waals surface area contributed by atoms with Crippen LogP contribution in [0.1, 0.15) is 39.5 Å². The molecule has 1 saturated carbocycles. The van der Waals surface area contributed by atoms with Gasteiger partial charge in [0.25, 0.3) is 0 Å². The number of hydrogen-bond acceptors (Lipinski definition) is 3. The van der Waals surface area contributed by atoms with Crippen molar-refractivity contribution in [2.24, 2.45) is 23.5 Å². The number of carbonyl (C=O) groups excluding carboxylic acids is 1. The summed E-state index contributed by atoms with van der Waals surface area (Å²) in [5.41, 5.74) is 5.90. The normalized spacial score (nSPS) is 32.4. The van der Waals surface area contributed by atoms with Gasteiger partial charge >= 0.3 is 0 Å². The van der Waals surface area contributed by atoms with Crippen LogP contribution in [0.15, 0.2) is 0 Å². The SMILES string of the molecule is COCCC(N)C(=O)C1CC(C)CC(C)C1. The van der Waals surface area contributed by atoms with Crippen LogP contribution in [-0.4, -0.2) is 25.5 Å². The number of carbonyl (C=O) groups is 1. The molecule has 0 spiro atoms. The lowest BCUT2D eigenvalue weighted by Crippen LogP contribution is -2.39. The van der Waals surface area contributed by atoms with Crippen LogP contribution in [-0.2, 0) is 9.53 Å². The summed E-state index contributed by atoms with van der Waals surface area (Å²) in [5.74, 6) is 1.75. The van der Waals surface area contributed by atoms with Gasteiger partial charge in [-0.1, -0.05) is 13.8 Å². The van der Waals surface area contributed by atoms with Gasteiger partial charge < -0.3 is 10.5 Å². The maximum absolute atomic E-state index is 12.1. The lowest BCUT2D eigenvalue weighted by molar-refractivity contribution is -0.126. The zero-order valence-electron chi connectivity index (χ0n) is 10.7. The minimum atomic E-state index is -0.331. The number of methoxy groups -OCH3 is 1. The van der Waals surface area contributed by atoms with Crippen molar-refractivity contribution in [1.82, 2.24) is 0 Å². The minimum Gasteiger partial charge on any atom is -0.385 e. The third-order valence-corrected chi connectivity index (χ3v) is 3.58. The van der Waals surface area contributed by atoms with E-state index in [9.17, 15) is 4.79 Å². The monoisotopic (exact) mass is 227 g/mol. The van der Waals surface area contributed by atoms with Crippen LogP contribution in [0.2, 0.25) is 0 Å². The molecule has 0 amide bonds. The third kappa shape index (κ3) is 3.87. The van der Waals surface area contributed by atoms with Gasteiger partial charge in [-0.3, -0.25) is 4.79 Å². The summed E-state index contributed by atoms with van der Waals surface area (Å²) in [6.07, 6.45) is 3.93. The Labute approximate surface area is 98.7 Å².